The van der Waals surface area contributed by atoms with Crippen LogP contribution in [0.2, 0.25) is 5.02 Å². The molecule has 0 unspecified atom stereocenters. The molecule has 2 heterocycles. The van der Waals surface area contributed by atoms with E-state index in [1.165, 1.54) is 0 Å². The number of primary amides is 1. The standard InChI is InChI=1S/C15H18ClN3O4/c16-11-5-9(6-12-14(11)23-8-22-12)15(21)18-10-1-3-19(4-2-10)7-13(17)20/h5-6,10H,1-4,7-8H2,(H2,17,20)(H,18,21). The van der Waals surface area contributed by atoms with E-state index in [9.17, 15) is 9.59 Å². The van der Waals surface area contributed by atoms with E-state index in [4.69, 9.17) is 26.8 Å². The van der Waals surface area contributed by atoms with Crippen LogP contribution in [0, 0.1) is 0 Å². The summed E-state index contributed by atoms with van der Waals surface area (Å²) in [6.45, 7) is 1.84. The third-order valence-corrected chi connectivity index (χ3v) is 4.27. The number of rotatable bonds is 4. The first-order valence-corrected chi connectivity index (χ1v) is 7.81. The van der Waals surface area contributed by atoms with Crippen LogP contribution in [-0.2, 0) is 4.79 Å². The number of benzene rings is 1. The zero-order chi connectivity index (χ0) is 16.4. The average Bonchev–Trinajstić information content (AvgIpc) is 2.97. The molecule has 3 rings (SSSR count). The summed E-state index contributed by atoms with van der Waals surface area (Å²) in [5.41, 5.74) is 5.63. The molecule has 0 aromatic heterocycles. The Hall–Kier alpha value is -1.99. The third kappa shape index (κ3) is 3.68. The summed E-state index contributed by atoms with van der Waals surface area (Å²) in [4.78, 5) is 25.3. The molecule has 23 heavy (non-hydrogen) atoms. The van der Waals surface area contributed by atoms with E-state index in [2.05, 4.69) is 5.32 Å². The lowest BCUT2D eigenvalue weighted by atomic mass is 10.0. The Kier molecular flexibility index (Phi) is 4.58. The van der Waals surface area contributed by atoms with Crippen LogP contribution in [0.1, 0.15) is 23.2 Å². The van der Waals surface area contributed by atoms with Crippen molar-refractivity contribution in [3.05, 3.63) is 22.7 Å². The summed E-state index contributed by atoms with van der Waals surface area (Å²) < 4.78 is 10.5. The number of carbonyl (C=O) groups is 2. The SMILES string of the molecule is NC(=O)CN1CCC(NC(=O)c2cc(Cl)c3c(c2)OCO3)CC1. The molecule has 2 aliphatic heterocycles. The number of carbonyl (C=O) groups excluding carboxylic acids is 2. The molecule has 0 saturated carbocycles. The van der Waals surface area contributed by atoms with Crippen molar-refractivity contribution < 1.29 is 19.1 Å². The zero-order valence-corrected chi connectivity index (χ0v) is 13.3. The number of hydrogen-bond acceptors (Lipinski definition) is 5. The van der Waals surface area contributed by atoms with Gasteiger partial charge in [-0.05, 0) is 25.0 Å². The van der Waals surface area contributed by atoms with Crippen molar-refractivity contribution in [2.24, 2.45) is 5.73 Å². The van der Waals surface area contributed by atoms with Crippen molar-refractivity contribution in [3.8, 4) is 11.5 Å². The number of amides is 2. The summed E-state index contributed by atoms with van der Waals surface area (Å²) in [6.07, 6.45) is 1.55. The van der Waals surface area contributed by atoms with Gasteiger partial charge >= 0.3 is 0 Å². The number of piperidine rings is 1. The van der Waals surface area contributed by atoms with Crippen molar-refractivity contribution in [3.63, 3.8) is 0 Å². The molecule has 3 N–H and O–H groups in total. The summed E-state index contributed by atoms with van der Waals surface area (Å²) in [6, 6.07) is 3.27. The van der Waals surface area contributed by atoms with Gasteiger partial charge in [0.25, 0.3) is 5.91 Å². The van der Waals surface area contributed by atoms with E-state index in [-0.39, 0.29) is 31.2 Å². The Morgan fingerprint density at radius 1 is 1.30 bits per heavy atom. The van der Waals surface area contributed by atoms with Gasteiger partial charge in [0.15, 0.2) is 11.5 Å². The van der Waals surface area contributed by atoms with Crippen LogP contribution in [0.25, 0.3) is 0 Å². The van der Waals surface area contributed by atoms with Gasteiger partial charge in [0.1, 0.15) is 0 Å². The number of ether oxygens (including phenoxy) is 2. The largest absolute Gasteiger partial charge is 0.454 e. The number of likely N-dealkylation sites (tertiary alicyclic amines) is 1. The third-order valence-electron chi connectivity index (χ3n) is 3.99. The van der Waals surface area contributed by atoms with Gasteiger partial charge in [0.2, 0.25) is 12.7 Å². The fraction of sp³-hybridized carbons (Fsp3) is 0.467. The Morgan fingerprint density at radius 3 is 2.74 bits per heavy atom. The molecule has 0 atom stereocenters. The molecule has 1 aromatic rings. The van der Waals surface area contributed by atoms with Gasteiger partial charge in [-0.3, -0.25) is 14.5 Å². The zero-order valence-electron chi connectivity index (χ0n) is 12.5. The minimum atomic E-state index is -0.331. The maximum absolute atomic E-state index is 12.4. The second kappa shape index (κ2) is 6.64. The van der Waals surface area contributed by atoms with Crippen LogP contribution >= 0.6 is 11.6 Å². The molecule has 1 fully saturated rings. The second-order valence-corrected chi connectivity index (χ2v) is 6.09. The van der Waals surface area contributed by atoms with E-state index >= 15 is 0 Å². The number of nitrogens with zero attached hydrogens (tertiary/aromatic N) is 1. The quantitative estimate of drug-likeness (QED) is 0.844. The van der Waals surface area contributed by atoms with E-state index in [0.717, 1.165) is 25.9 Å². The molecule has 2 amide bonds. The van der Waals surface area contributed by atoms with E-state index in [1.54, 1.807) is 12.1 Å². The van der Waals surface area contributed by atoms with Crippen LogP contribution in [0.15, 0.2) is 12.1 Å². The Balaban J connectivity index is 1.58. The molecular weight excluding hydrogens is 322 g/mol. The van der Waals surface area contributed by atoms with Crippen LogP contribution < -0.4 is 20.5 Å². The van der Waals surface area contributed by atoms with E-state index < -0.39 is 0 Å². The maximum atomic E-state index is 12.4. The topological polar surface area (TPSA) is 93.9 Å². The highest BCUT2D eigenvalue weighted by Crippen LogP contribution is 2.39. The number of hydrogen-bond donors (Lipinski definition) is 2. The maximum Gasteiger partial charge on any atom is 0.251 e. The lowest BCUT2D eigenvalue weighted by Gasteiger charge is -2.31. The first-order valence-electron chi connectivity index (χ1n) is 7.43. The summed E-state index contributed by atoms with van der Waals surface area (Å²) in [7, 11) is 0. The molecule has 0 bridgehead atoms. The molecule has 1 aromatic carbocycles. The van der Waals surface area contributed by atoms with Gasteiger partial charge in [0.05, 0.1) is 11.6 Å². The number of nitrogens with one attached hydrogen (secondary N) is 1. The van der Waals surface area contributed by atoms with Crippen molar-refractivity contribution in [2.45, 2.75) is 18.9 Å². The normalized spacial score (nSPS) is 18.0. The van der Waals surface area contributed by atoms with Gasteiger partial charge in [0, 0.05) is 24.7 Å². The predicted octanol–water partition coefficient (Wildman–Crippen LogP) is 0.748. The van der Waals surface area contributed by atoms with Crippen LogP contribution in [0.3, 0.4) is 0 Å². The number of fused-ring (bicyclic) bond motifs is 1. The highest BCUT2D eigenvalue weighted by atomic mass is 35.5. The Bertz CT molecular complexity index is 629. The average molecular weight is 340 g/mol. The lowest BCUT2D eigenvalue weighted by Crippen LogP contribution is -2.46. The molecule has 8 heteroatoms. The minimum absolute atomic E-state index is 0.0656. The van der Waals surface area contributed by atoms with Gasteiger partial charge in [-0.15, -0.1) is 0 Å². The molecule has 0 spiro atoms. The highest BCUT2D eigenvalue weighted by molar-refractivity contribution is 6.32. The molecule has 1 saturated heterocycles. The van der Waals surface area contributed by atoms with Gasteiger partial charge in [-0.1, -0.05) is 11.6 Å². The predicted molar refractivity (Wildman–Crippen MR) is 83.7 cm³/mol. The van der Waals surface area contributed by atoms with Crippen molar-refractivity contribution in [1.29, 1.82) is 0 Å². The second-order valence-electron chi connectivity index (χ2n) is 5.68. The molecule has 0 aliphatic carbocycles. The van der Waals surface area contributed by atoms with Crippen LogP contribution in [0.4, 0.5) is 0 Å². The fourth-order valence-electron chi connectivity index (χ4n) is 2.82. The number of nitrogens with two attached hydrogens (primary N) is 1. The van der Waals surface area contributed by atoms with Crippen molar-refractivity contribution in [1.82, 2.24) is 10.2 Å². The molecular formula is C15H18ClN3O4. The van der Waals surface area contributed by atoms with Crippen LogP contribution in [0.5, 0.6) is 11.5 Å². The smallest absolute Gasteiger partial charge is 0.251 e. The molecule has 7 nitrogen and oxygen atoms in total. The van der Waals surface area contributed by atoms with E-state index in [1.807, 2.05) is 4.90 Å². The monoisotopic (exact) mass is 339 g/mol. The minimum Gasteiger partial charge on any atom is -0.454 e. The van der Waals surface area contributed by atoms with E-state index in [0.29, 0.717) is 22.1 Å². The molecule has 2 aliphatic rings. The molecule has 124 valence electrons. The van der Waals surface area contributed by atoms with Gasteiger partial charge in [-0.2, -0.15) is 0 Å². The first kappa shape index (κ1) is 15.9. The van der Waals surface area contributed by atoms with Crippen molar-refractivity contribution in [2.75, 3.05) is 26.4 Å². The van der Waals surface area contributed by atoms with Gasteiger partial charge in [-0.25, -0.2) is 0 Å². The summed E-state index contributed by atoms with van der Waals surface area (Å²) in [5.74, 6) is 0.433. The lowest BCUT2D eigenvalue weighted by molar-refractivity contribution is -0.119. The number of halogens is 1. The Morgan fingerprint density at radius 2 is 2.04 bits per heavy atom. The molecule has 0 radical (unpaired) electrons. The van der Waals surface area contributed by atoms with Gasteiger partial charge < -0.3 is 20.5 Å². The summed E-state index contributed by atoms with van der Waals surface area (Å²) >= 11 is 6.09. The summed E-state index contributed by atoms with van der Waals surface area (Å²) in [5, 5.41) is 3.35. The fourth-order valence-corrected chi connectivity index (χ4v) is 3.09. The van der Waals surface area contributed by atoms with Crippen LogP contribution in [-0.4, -0.2) is 49.2 Å². The highest BCUT2D eigenvalue weighted by Gasteiger charge is 2.24. The van der Waals surface area contributed by atoms with Crippen molar-refractivity contribution >= 4 is 23.4 Å². The first-order chi connectivity index (χ1) is 11.0. The Labute approximate surface area is 138 Å².